The molecule has 8 heteroatoms. The van der Waals surface area contributed by atoms with Crippen LogP contribution < -0.4 is 4.74 Å². The van der Waals surface area contributed by atoms with E-state index >= 15 is 0 Å². The molecule has 2 aromatic carbocycles. The van der Waals surface area contributed by atoms with Gasteiger partial charge in [-0.3, -0.25) is 0 Å². The van der Waals surface area contributed by atoms with Gasteiger partial charge in [0.1, 0.15) is 11.6 Å². The van der Waals surface area contributed by atoms with Crippen molar-refractivity contribution in [3.8, 4) is 17.1 Å². The Morgan fingerprint density at radius 2 is 2.04 bits per heavy atom. The standard InChI is InChI=1S/C17H12BrFN2O4/c18-12-4-1-3-11(7-12)17-20-15(25-21-17)9-24-16(22)10-23-14-6-2-5-13(19)8-14/h1-8H,9-10H2. The summed E-state index contributed by atoms with van der Waals surface area (Å²) in [5.74, 6) is -0.285. The van der Waals surface area contributed by atoms with Crippen LogP contribution in [-0.4, -0.2) is 22.7 Å². The minimum absolute atomic E-state index is 0.161. The maximum atomic E-state index is 13.0. The smallest absolute Gasteiger partial charge is 0.344 e. The average molecular weight is 407 g/mol. The SMILES string of the molecule is O=C(COc1cccc(F)c1)OCc1nc(-c2cccc(Br)c2)no1. The Kier molecular flexibility index (Phi) is 5.39. The first-order valence-electron chi connectivity index (χ1n) is 7.23. The second-order valence-electron chi connectivity index (χ2n) is 4.93. The van der Waals surface area contributed by atoms with Crippen molar-refractivity contribution >= 4 is 21.9 Å². The number of rotatable bonds is 6. The second-order valence-corrected chi connectivity index (χ2v) is 5.84. The van der Waals surface area contributed by atoms with Crippen LogP contribution in [0.15, 0.2) is 57.5 Å². The molecule has 0 aliphatic carbocycles. The quantitative estimate of drug-likeness (QED) is 0.580. The molecule has 3 aromatic rings. The molecule has 128 valence electrons. The van der Waals surface area contributed by atoms with Crippen LogP contribution in [0.5, 0.6) is 5.75 Å². The summed E-state index contributed by atoms with van der Waals surface area (Å²) in [6, 6.07) is 12.9. The van der Waals surface area contributed by atoms with Gasteiger partial charge in [-0.2, -0.15) is 4.98 Å². The number of nitrogens with zero attached hydrogens (tertiary/aromatic N) is 2. The number of esters is 1. The normalized spacial score (nSPS) is 10.5. The molecule has 0 aliphatic rings. The molecule has 0 bridgehead atoms. The molecule has 0 saturated carbocycles. The summed E-state index contributed by atoms with van der Waals surface area (Å²) in [5, 5.41) is 3.84. The first-order valence-corrected chi connectivity index (χ1v) is 8.02. The van der Waals surface area contributed by atoms with Gasteiger partial charge in [-0.05, 0) is 24.3 Å². The Morgan fingerprint density at radius 3 is 2.84 bits per heavy atom. The Hall–Kier alpha value is -2.74. The molecule has 6 nitrogen and oxygen atoms in total. The molecule has 0 amide bonds. The van der Waals surface area contributed by atoms with Gasteiger partial charge in [0.2, 0.25) is 5.82 Å². The third-order valence-corrected chi connectivity index (χ3v) is 3.55. The zero-order valence-corrected chi connectivity index (χ0v) is 14.4. The number of hydrogen-bond acceptors (Lipinski definition) is 6. The van der Waals surface area contributed by atoms with Gasteiger partial charge >= 0.3 is 5.97 Å². The van der Waals surface area contributed by atoms with E-state index in [9.17, 15) is 9.18 Å². The van der Waals surface area contributed by atoms with Gasteiger partial charge in [-0.1, -0.05) is 39.3 Å². The van der Waals surface area contributed by atoms with Crippen LogP contribution in [0.25, 0.3) is 11.4 Å². The van der Waals surface area contributed by atoms with Crippen LogP contribution in [0.4, 0.5) is 4.39 Å². The zero-order chi connectivity index (χ0) is 17.6. The fourth-order valence-electron chi connectivity index (χ4n) is 1.94. The van der Waals surface area contributed by atoms with Crippen molar-refractivity contribution in [2.75, 3.05) is 6.61 Å². The third kappa shape index (κ3) is 4.87. The number of ether oxygens (including phenoxy) is 2. The van der Waals surface area contributed by atoms with Crippen molar-refractivity contribution < 1.29 is 23.2 Å². The lowest BCUT2D eigenvalue weighted by molar-refractivity contribution is -0.148. The van der Waals surface area contributed by atoms with Gasteiger partial charge in [0, 0.05) is 16.1 Å². The monoisotopic (exact) mass is 406 g/mol. The summed E-state index contributed by atoms with van der Waals surface area (Å²) in [4.78, 5) is 15.8. The summed E-state index contributed by atoms with van der Waals surface area (Å²) in [7, 11) is 0. The highest BCUT2D eigenvalue weighted by Gasteiger charge is 2.12. The number of carbonyl (C=O) groups is 1. The number of carbonyl (C=O) groups excluding carboxylic acids is 1. The molecule has 0 aliphatic heterocycles. The summed E-state index contributed by atoms with van der Waals surface area (Å²) in [6.07, 6.45) is 0. The summed E-state index contributed by atoms with van der Waals surface area (Å²) in [6.45, 7) is -0.525. The van der Waals surface area contributed by atoms with Crippen LogP contribution in [0, 0.1) is 5.82 Å². The minimum atomic E-state index is -0.633. The first-order chi connectivity index (χ1) is 12.1. The van der Waals surface area contributed by atoms with Crippen LogP contribution in [0.1, 0.15) is 5.89 Å². The predicted molar refractivity (Wildman–Crippen MR) is 89.1 cm³/mol. The highest BCUT2D eigenvalue weighted by Crippen LogP contribution is 2.20. The molecule has 0 atom stereocenters. The highest BCUT2D eigenvalue weighted by atomic mass is 79.9. The largest absolute Gasteiger partial charge is 0.482 e. The van der Waals surface area contributed by atoms with Crippen LogP contribution in [0.2, 0.25) is 0 Å². The van der Waals surface area contributed by atoms with E-state index in [0.717, 1.165) is 10.0 Å². The average Bonchev–Trinajstić information content (AvgIpc) is 3.07. The van der Waals surface area contributed by atoms with Gasteiger partial charge in [0.15, 0.2) is 13.2 Å². The van der Waals surface area contributed by atoms with Gasteiger partial charge in [0.05, 0.1) is 0 Å². The van der Waals surface area contributed by atoms with E-state index in [4.69, 9.17) is 14.0 Å². The minimum Gasteiger partial charge on any atom is -0.482 e. The van der Waals surface area contributed by atoms with E-state index in [1.54, 1.807) is 6.07 Å². The molecule has 0 spiro atoms. The van der Waals surface area contributed by atoms with Gasteiger partial charge in [-0.25, -0.2) is 9.18 Å². The lowest BCUT2D eigenvalue weighted by Gasteiger charge is -2.05. The predicted octanol–water partition coefficient (Wildman–Crippen LogP) is 3.76. The summed E-state index contributed by atoms with van der Waals surface area (Å²) in [5.41, 5.74) is 0.769. The molecule has 0 fully saturated rings. The molecular weight excluding hydrogens is 395 g/mol. The fraction of sp³-hybridized carbons (Fsp3) is 0.118. The van der Waals surface area contributed by atoms with E-state index in [1.807, 2.05) is 24.3 Å². The second kappa shape index (κ2) is 7.89. The van der Waals surface area contributed by atoms with Gasteiger partial charge < -0.3 is 14.0 Å². The molecule has 0 unspecified atom stereocenters. The Labute approximate surface area is 150 Å². The molecule has 0 N–H and O–H groups in total. The molecule has 1 aromatic heterocycles. The number of hydrogen-bond donors (Lipinski definition) is 0. The van der Waals surface area contributed by atoms with Crippen molar-refractivity contribution in [3.05, 3.63) is 64.7 Å². The lowest BCUT2D eigenvalue weighted by atomic mass is 10.2. The summed E-state index contributed by atoms with van der Waals surface area (Å²) >= 11 is 3.36. The van der Waals surface area contributed by atoms with Gasteiger partial charge in [0.25, 0.3) is 5.89 Å². The van der Waals surface area contributed by atoms with Crippen LogP contribution >= 0.6 is 15.9 Å². The topological polar surface area (TPSA) is 74.5 Å². The van der Waals surface area contributed by atoms with E-state index in [2.05, 4.69) is 26.1 Å². The van der Waals surface area contributed by atoms with Crippen LogP contribution in [-0.2, 0) is 16.1 Å². The van der Waals surface area contributed by atoms with Crippen molar-refractivity contribution in [3.63, 3.8) is 0 Å². The van der Waals surface area contributed by atoms with Crippen molar-refractivity contribution in [1.82, 2.24) is 10.1 Å². The maximum absolute atomic E-state index is 13.0. The molecule has 0 saturated heterocycles. The van der Waals surface area contributed by atoms with E-state index in [-0.39, 0.29) is 24.9 Å². The van der Waals surface area contributed by atoms with E-state index < -0.39 is 11.8 Å². The molecule has 3 rings (SSSR count). The maximum Gasteiger partial charge on any atom is 0.344 e. The van der Waals surface area contributed by atoms with Crippen molar-refractivity contribution in [1.29, 1.82) is 0 Å². The van der Waals surface area contributed by atoms with Crippen LogP contribution in [0.3, 0.4) is 0 Å². The Morgan fingerprint density at radius 1 is 1.20 bits per heavy atom. The van der Waals surface area contributed by atoms with E-state index in [1.165, 1.54) is 18.2 Å². The van der Waals surface area contributed by atoms with E-state index in [0.29, 0.717) is 5.82 Å². The molecule has 0 radical (unpaired) electrons. The number of aromatic nitrogens is 2. The fourth-order valence-corrected chi connectivity index (χ4v) is 2.34. The van der Waals surface area contributed by atoms with Crippen molar-refractivity contribution in [2.24, 2.45) is 0 Å². The Bertz CT molecular complexity index is 884. The number of halogens is 2. The first kappa shape index (κ1) is 17.1. The molecule has 25 heavy (non-hydrogen) atoms. The summed E-state index contributed by atoms with van der Waals surface area (Å²) < 4.78 is 29.1. The lowest BCUT2D eigenvalue weighted by Crippen LogP contribution is -2.14. The zero-order valence-electron chi connectivity index (χ0n) is 12.8. The number of benzene rings is 2. The van der Waals surface area contributed by atoms with Gasteiger partial charge in [-0.15, -0.1) is 0 Å². The molecule has 1 heterocycles. The third-order valence-electron chi connectivity index (χ3n) is 3.06. The van der Waals surface area contributed by atoms with Crippen molar-refractivity contribution in [2.45, 2.75) is 6.61 Å². The Balaban J connectivity index is 1.51. The highest BCUT2D eigenvalue weighted by molar-refractivity contribution is 9.10. The molecular formula is C17H12BrFN2O4.